The molecule has 4 heterocycles. The molecule has 1 amide bonds. The predicted molar refractivity (Wildman–Crippen MR) is 158 cm³/mol. The largest absolute Gasteiger partial charge is 0.379 e. The van der Waals surface area contributed by atoms with E-state index in [1.54, 1.807) is 0 Å². The Morgan fingerprint density at radius 1 is 1.08 bits per heavy atom. The molecule has 0 saturated carbocycles. The third kappa shape index (κ3) is 6.49. The molecule has 2 N–H and O–H groups in total. The lowest BCUT2D eigenvalue weighted by Gasteiger charge is -2.28. The lowest BCUT2D eigenvalue weighted by molar-refractivity contribution is -0.116. The number of rotatable bonds is 10. The molecule has 2 unspecified atom stereocenters. The molecule has 2 aromatic heterocycles. The zero-order valence-electron chi connectivity index (χ0n) is 22.8. The molecule has 0 aliphatic carbocycles. The van der Waals surface area contributed by atoms with Crippen LogP contribution in [0.25, 0.3) is 0 Å². The number of benzene rings is 1. The summed E-state index contributed by atoms with van der Waals surface area (Å²) in [5.41, 5.74) is 5.45. The molecule has 8 nitrogen and oxygen atoms in total. The number of hydrogen-bond acceptors (Lipinski definition) is 5. The number of amides is 1. The van der Waals surface area contributed by atoms with Gasteiger partial charge in [-0.25, -0.2) is 0 Å². The van der Waals surface area contributed by atoms with E-state index in [4.69, 9.17) is 17.0 Å². The molecule has 2 saturated heterocycles. The van der Waals surface area contributed by atoms with Crippen molar-refractivity contribution in [2.45, 2.75) is 45.3 Å². The van der Waals surface area contributed by atoms with Crippen LogP contribution in [0.3, 0.4) is 0 Å². The van der Waals surface area contributed by atoms with E-state index in [1.807, 2.05) is 54.7 Å². The monoisotopic (exact) mass is 546 g/mol. The second kappa shape index (κ2) is 12.7. The molecule has 0 bridgehead atoms. The van der Waals surface area contributed by atoms with E-state index >= 15 is 0 Å². The summed E-state index contributed by atoms with van der Waals surface area (Å²) < 4.78 is 7.92. The number of nitrogens with zero attached hydrogens (tertiary/aromatic N) is 4. The van der Waals surface area contributed by atoms with E-state index in [9.17, 15) is 4.79 Å². The first kappa shape index (κ1) is 27.3. The number of morpholine rings is 1. The van der Waals surface area contributed by atoms with Gasteiger partial charge in [-0.05, 0) is 68.4 Å². The maximum atomic E-state index is 12.8. The second-order valence-electron chi connectivity index (χ2n) is 10.3. The van der Waals surface area contributed by atoms with Crippen LogP contribution in [-0.4, -0.2) is 69.8 Å². The minimum atomic E-state index is -0.0989. The fraction of sp³-hybridized carbons (Fsp3) is 0.433. The van der Waals surface area contributed by atoms with Crippen LogP contribution < -0.4 is 10.6 Å². The van der Waals surface area contributed by atoms with Crippen LogP contribution in [0.4, 0.5) is 5.69 Å². The van der Waals surface area contributed by atoms with Crippen molar-refractivity contribution >= 4 is 28.9 Å². The third-order valence-electron chi connectivity index (χ3n) is 7.73. The molecular weight excluding hydrogens is 508 g/mol. The number of thiocarbonyl (C=S) groups is 1. The standard InChI is InChI=1S/C30H38N6O2S/c1-22-21-25(23(2)35(22)15-8-14-34-17-19-38-20-18-34)29-28(26-11-6-7-13-31-26)33-30(39)36(29)16-12-27(37)32-24-9-4-3-5-10-24/h3-7,9-11,13,21,28-29H,8,12,14-20H2,1-2H3,(H,32,37)(H,33,39). The van der Waals surface area contributed by atoms with Crippen molar-refractivity contribution in [1.29, 1.82) is 0 Å². The van der Waals surface area contributed by atoms with Crippen molar-refractivity contribution in [3.8, 4) is 0 Å². The number of aromatic nitrogens is 2. The Bertz CT molecular complexity index is 1260. The summed E-state index contributed by atoms with van der Waals surface area (Å²) in [7, 11) is 0. The van der Waals surface area contributed by atoms with Gasteiger partial charge < -0.3 is 24.8 Å². The molecule has 206 valence electrons. The number of carbonyl (C=O) groups excluding carboxylic acids is 1. The number of aryl methyl sites for hydroxylation is 1. The van der Waals surface area contributed by atoms with Crippen LogP contribution in [0.15, 0.2) is 60.8 Å². The van der Waals surface area contributed by atoms with Gasteiger partial charge in [0.05, 0.1) is 31.0 Å². The number of anilines is 1. The van der Waals surface area contributed by atoms with E-state index in [2.05, 4.69) is 49.9 Å². The van der Waals surface area contributed by atoms with E-state index in [1.165, 1.54) is 17.0 Å². The van der Waals surface area contributed by atoms with Gasteiger partial charge in [0.25, 0.3) is 0 Å². The van der Waals surface area contributed by atoms with Crippen molar-refractivity contribution in [3.63, 3.8) is 0 Å². The Labute approximate surface area is 236 Å². The molecule has 0 radical (unpaired) electrons. The summed E-state index contributed by atoms with van der Waals surface area (Å²) >= 11 is 5.83. The van der Waals surface area contributed by atoms with Crippen LogP contribution in [0.2, 0.25) is 0 Å². The molecule has 2 atom stereocenters. The quantitative estimate of drug-likeness (QED) is 0.369. The highest BCUT2D eigenvalue weighted by Crippen LogP contribution is 2.41. The first-order chi connectivity index (χ1) is 19.0. The maximum Gasteiger partial charge on any atom is 0.226 e. The summed E-state index contributed by atoms with van der Waals surface area (Å²) in [4.78, 5) is 22.1. The lowest BCUT2D eigenvalue weighted by atomic mass is 9.96. The van der Waals surface area contributed by atoms with E-state index in [-0.39, 0.29) is 18.0 Å². The van der Waals surface area contributed by atoms with Crippen molar-refractivity contribution in [2.24, 2.45) is 0 Å². The number of nitrogens with one attached hydrogen (secondary N) is 2. The smallest absolute Gasteiger partial charge is 0.226 e. The van der Waals surface area contributed by atoms with Gasteiger partial charge in [-0.2, -0.15) is 0 Å². The Morgan fingerprint density at radius 2 is 1.85 bits per heavy atom. The summed E-state index contributed by atoms with van der Waals surface area (Å²) in [5, 5.41) is 7.17. The molecule has 2 fully saturated rings. The molecule has 9 heteroatoms. The van der Waals surface area contributed by atoms with Gasteiger partial charge in [0.15, 0.2) is 5.11 Å². The minimum Gasteiger partial charge on any atom is -0.379 e. The lowest BCUT2D eigenvalue weighted by Crippen LogP contribution is -2.37. The Kier molecular flexibility index (Phi) is 8.91. The Morgan fingerprint density at radius 3 is 2.59 bits per heavy atom. The summed E-state index contributed by atoms with van der Waals surface area (Å²) in [6.07, 6.45) is 3.24. The van der Waals surface area contributed by atoms with Crippen LogP contribution >= 0.6 is 12.2 Å². The normalized spacial score (nSPS) is 19.7. The number of ether oxygens (including phenoxy) is 1. The second-order valence-corrected chi connectivity index (χ2v) is 10.7. The highest BCUT2D eigenvalue weighted by molar-refractivity contribution is 7.80. The molecule has 2 aliphatic heterocycles. The van der Waals surface area contributed by atoms with Crippen LogP contribution in [0.1, 0.15) is 47.6 Å². The molecule has 2 aliphatic rings. The van der Waals surface area contributed by atoms with Gasteiger partial charge in [-0.3, -0.25) is 14.7 Å². The number of hydrogen-bond donors (Lipinski definition) is 2. The van der Waals surface area contributed by atoms with Gasteiger partial charge in [0.2, 0.25) is 5.91 Å². The summed E-state index contributed by atoms with van der Waals surface area (Å²) in [6, 6.07) is 17.7. The SMILES string of the molecule is Cc1cc(C2C(c3ccccn3)NC(=S)N2CCC(=O)Nc2ccccc2)c(C)n1CCCN1CCOCC1. The first-order valence-corrected chi connectivity index (χ1v) is 14.2. The van der Waals surface area contributed by atoms with Crippen LogP contribution in [-0.2, 0) is 16.1 Å². The van der Waals surface area contributed by atoms with Gasteiger partial charge in [-0.1, -0.05) is 24.3 Å². The predicted octanol–water partition coefficient (Wildman–Crippen LogP) is 4.22. The summed E-state index contributed by atoms with van der Waals surface area (Å²) in [5.74, 6) is -0.0300. The zero-order chi connectivity index (χ0) is 27.2. The highest BCUT2D eigenvalue weighted by Gasteiger charge is 2.41. The van der Waals surface area contributed by atoms with E-state index < -0.39 is 0 Å². The first-order valence-electron chi connectivity index (χ1n) is 13.8. The highest BCUT2D eigenvalue weighted by atomic mass is 32.1. The number of carbonyl (C=O) groups is 1. The van der Waals surface area contributed by atoms with Crippen LogP contribution in [0, 0.1) is 13.8 Å². The van der Waals surface area contributed by atoms with Crippen LogP contribution in [0.5, 0.6) is 0 Å². The molecule has 3 aromatic rings. The van der Waals surface area contributed by atoms with Crippen molar-refractivity contribution in [1.82, 2.24) is 24.7 Å². The van der Waals surface area contributed by atoms with E-state index in [0.29, 0.717) is 18.1 Å². The summed E-state index contributed by atoms with van der Waals surface area (Å²) in [6.45, 7) is 10.6. The van der Waals surface area contributed by atoms with E-state index in [0.717, 1.165) is 57.2 Å². The average molecular weight is 547 g/mol. The molecule has 1 aromatic carbocycles. The molecule has 39 heavy (non-hydrogen) atoms. The average Bonchev–Trinajstić information content (AvgIpc) is 3.43. The van der Waals surface area contributed by atoms with Gasteiger partial charge in [0, 0.05) is 62.4 Å². The fourth-order valence-electron chi connectivity index (χ4n) is 5.70. The van der Waals surface area contributed by atoms with Gasteiger partial charge >= 0.3 is 0 Å². The Balaban J connectivity index is 1.34. The molecule has 0 spiro atoms. The third-order valence-corrected chi connectivity index (χ3v) is 8.08. The Hall–Kier alpha value is -3.27. The molecule has 5 rings (SSSR count). The number of para-hydroxylation sites is 1. The fourth-order valence-corrected chi connectivity index (χ4v) is 6.03. The van der Waals surface area contributed by atoms with Crippen molar-refractivity contribution in [2.75, 3.05) is 44.7 Å². The zero-order valence-corrected chi connectivity index (χ0v) is 23.6. The van der Waals surface area contributed by atoms with Crippen molar-refractivity contribution in [3.05, 3.63) is 83.4 Å². The topological polar surface area (TPSA) is 74.7 Å². The van der Waals surface area contributed by atoms with Gasteiger partial charge in [-0.15, -0.1) is 0 Å². The number of pyridine rings is 1. The van der Waals surface area contributed by atoms with Crippen molar-refractivity contribution < 1.29 is 9.53 Å². The van der Waals surface area contributed by atoms with Gasteiger partial charge in [0.1, 0.15) is 0 Å². The maximum absolute atomic E-state index is 12.8. The molecular formula is C30H38N6O2S. The minimum absolute atomic E-state index is 0.0300.